The van der Waals surface area contributed by atoms with Gasteiger partial charge in [0, 0.05) is 31.7 Å². The van der Waals surface area contributed by atoms with Crippen molar-refractivity contribution in [1.29, 1.82) is 0 Å². The summed E-state index contributed by atoms with van der Waals surface area (Å²) in [6.07, 6.45) is 0.480. The van der Waals surface area contributed by atoms with Gasteiger partial charge in [0.05, 0.1) is 6.10 Å². The molecule has 102 valence electrons. The van der Waals surface area contributed by atoms with E-state index in [1.807, 2.05) is 25.1 Å². The van der Waals surface area contributed by atoms with Crippen LogP contribution in [0.5, 0.6) is 0 Å². The maximum absolute atomic E-state index is 12.4. The van der Waals surface area contributed by atoms with E-state index in [1.165, 1.54) is 11.1 Å². The van der Waals surface area contributed by atoms with Crippen LogP contribution in [-0.4, -0.2) is 35.1 Å². The Balaban J connectivity index is 1.77. The highest BCUT2D eigenvalue weighted by Crippen LogP contribution is 2.21. The van der Waals surface area contributed by atoms with Crippen LogP contribution in [0, 0.1) is 5.92 Å². The Morgan fingerprint density at radius 3 is 2.95 bits per heavy atom. The summed E-state index contributed by atoms with van der Waals surface area (Å²) >= 11 is 0. The summed E-state index contributed by atoms with van der Waals surface area (Å²) in [7, 11) is 0. The van der Waals surface area contributed by atoms with Crippen molar-refractivity contribution in [2.24, 2.45) is 5.92 Å². The van der Waals surface area contributed by atoms with Crippen LogP contribution in [0.15, 0.2) is 18.2 Å². The Hall–Kier alpha value is -1.39. The highest BCUT2D eigenvalue weighted by atomic mass is 16.3. The number of rotatable bonds is 1. The van der Waals surface area contributed by atoms with E-state index in [-0.39, 0.29) is 11.8 Å². The zero-order valence-corrected chi connectivity index (χ0v) is 11.2. The van der Waals surface area contributed by atoms with Crippen LogP contribution in [0.1, 0.15) is 34.8 Å². The molecule has 0 bridgehead atoms. The number of fused-ring (bicyclic) bond motifs is 1. The minimum absolute atomic E-state index is 0.0423. The first-order chi connectivity index (χ1) is 9.15. The molecule has 1 aromatic rings. The van der Waals surface area contributed by atoms with Gasteiger partial charge in [0.2, 0.25) is 0 Å². The molecule has 2 aliphatic heterocycles. The molecule has 4 nitrogen and oxygen atoms in total. The van der Waals surface area contributed by atoms with Gasteiger partial charge in [0.25, 0.3) is 5.91 Å². The van der Waals surface area contributed by atoms with Crippen molar-refractivity contribution >= 4 is 5.91 Å². The van der Waals surface area contributed by atoms with Crippen molar-refractivity contribution < 1.29 is 9.90 Å². The number of hydrogen-bond acceptors (Lipinski definition) is 3. The summed E-state index contributed by atoms with van der Waals surface area (Å²) in [6.45, 7) is 4.97. The number of carbonyl (C=O) groups excluding carboxylic acids is 1. The van der Waals surface area contributed by atoms with Gasteiger partial charge in [-0.2, -0.15) is 0 Å². The monoisotopic (exact) mass is 260 g/mol. The fourth-order valence-corrected chi connectivity index (χ4v) is 2.84. The molecule has 1 amide bonds. The second-order valence-electron chi connectivity index (χ2n) is 5.67. The number of hydrogen-bond donors (Lipinski definition) is 2. The molecule has 0 aliphatic carbocycles. The third-order valence-corrected chi connectivity index (χ3v) is 4.29. The lowest BCUT2D eigenvalue weighted by Crippen LogP contribution is -2.45. The third-order valence-electron chi connectivity index (χ3n) is 4.29. The summed E-state index contributed by atoms with van der Waals surface area (Å²) in [5.41, 5.74) is 3.24. The molecule has 3 rings (SSSR count). The van der Waals surface area contributed by atoms with Crippen molar-refractivity contribution in [3.05, 3.63) is 34.9 Å². The van der Waals surface area contributed by atoms with Crippen molar-refractivity contribution in [3.8, 4) is 0 Å². The maximum atomic E-state index is 12.4. The number of nitrogens with one attached hydrogen (secondary N) is 1. The van der Waals surface area contributed by atoms with E-state index in [0.717, 1.165) is 31.6 Å². The number of β-amino-alcohol motifs (C(OH)–C–C–N with tert-alkyl or cyclic N) is 1. The van der Waals surface area contributed by atoms with E-state index in [9.17, 15) is 9.90 Å². The van der Waals surface area contributed by atoms with Crippen molar-refractivity contribution in [1.82, 2.24) is 10.2 Å². The van der Waals surface area contributed by atoms with Gasteiger partial charge in [0.15, 0.2) is 0 Å². The minimum atomic E-state index is -0.395. The van der Waals surface area contributed by atoms with Crippen LogP contribution in [0.2, 0.25) is 0 Å². The summed E-state index contributed by atoms with van der Waals surface area (Å²) in [5, 5.41) is 13.2. The Kier molecular flexibility index (Phi) is 3.29. The molecule has 2 aliphatic rings. The van der Waals surface area contributed by atoms with E-state index in [4.69, 9.17) is 0 Å². The number of amides is 1. The maximum Gasteiger partial charge on any atom is 0.253 e. The van der Waals surface area contributed by atoms with Crippen LogP contribution in [0.4, 0.5) is 0 Å². The first-order valence-corrected chi connectivity index (χ1v) is 6.95. The van der Waals surface area contributed by atoms with Crippen LogP contribution in [-0.2, 0) is 13.1 Å². The van der Waals surface area contributed by atoms with Crippen molar-refractivity contribution in [3.63, 3.8) is 0 Å². The SMILES string of the molecule is CC1CCN(C(=O)c2ccc3c(c2)CNC3)CC1O. The highest BCUT2D eigenvalue weighted by molar-refractivity contribution is 5.94. The van der Waals surface area contributed by atoms with Gasteiger partial charge in [-0.1, -0.05) is 13.0 Å². The molecular weight excluding hydrogens is 240 g/mol. The lowest BCUT2D eigenvalue weighted by Gasteiger charge is -2.34. The summed E-state index contributed by atoms with van der Waals surface area (Å²) in [6, 6.07) is 5.92. The second-order valence-corrected chi connectivity index (χ2v) is 5.67. The molecule has 1 fully saturated rings. The molecule has 1 saturated heterocycles. The van der Waals surface area contributed by atoms with Crippen LogP contribution >= 0.6 is 0 Å². The normalized spacial score (nSPS) is 26.3. The first-order valence-electron chi connectivity index (χ1n) is 6.95. The Labute approximate surface area is 113 Å². The number of aliphatic hydroxyl groups excluding tert-OH is 1. The van der Waals surface area contributed by atoms with Gasteiger partial charge < -0.3 is 15.3 Å². The second kappa shape index (κ2) is 4.94. The molecule has 0 saturated carbocycles. The third kappa shape index (κ3) is 2.38. The molecule has 0 spiro atoms. The Morgan fingerprint density at radius 2 is 2.16 bits per heavy atom. The standard InChI is InChI=1S/C15H20N2O2/c1-10-4-5-17(9-14(10)18)15(19)11-2-3-12-7-16-8-13(12)6-11/h2-3,6,10,14,16,18H,4-5,7-9H2,1H3. The van der Waals surface area contributed by atoms with Crippen molar-refractivity contribution in [2.45, 2.75) is 32.5 Å². The van der Waals surface area contributed by atoms with Gasteiger partial charge in [-0.15, -0.1) is 0 Å². The molecule has 2 atom stereocenters. The molecule has 1 aromatic carbocycles. The van der Waals surface area contributed by atoms with Crippen LogP contribution in [0.25, 0.3) is 0 Å². The molecule has 2 heterocycles. The molecule has 4 heteroatoms. The van der Waals surface area contributed by atoms with E-state index >= 15 is 0 Å². The Morgan fingerprint density at radius 1 is 1.37 bits per heavy atom. The molecule has 2 N–H and O–H groups in total. The van der Waals surface area contributed by atoms with Crippen molar-refractivity contribution in [2.75, 3.05) is 13.1 Å². The minimum Gasteiger partial charge on any atom is -0.391 e. The fraction of sp³-hybridized carbons (Fsp3) is 0.533. The van der Waals surface area contributed by atoms with Gasteiger partial charge in [-0.3, -0.25) is 4.79 Å². The number of likely N-dealkylation sites (tertiary alicyclic amines) is 1. The lowest BCUT2D eigenvalue weighted by atomic mass is 9.95. The first kappa shape index (κ1) is 12.6. The zero-order valence-electron chi connectivity index (χ0n) is 11.2. The van der Waals surface area contributed by atoms with Crippen LogP contribution in [0.3, 0.4) is 0 Å². The summed E-state index contributed by atoms with van der Waals surface area (Å²) in [5.74, 6) is 0.328. The van der Waals surface area contributed by atoms with E-state index < -0.39 is 6.10 Å². The zero-order chi connectivity index (χ0) is 13.4. The molecule has 0 radical (unpaired) electrons. The smallest absolute Gasteiger partial charge is 0.253 e. The fourth-order valence-electron chi connectivity index (χ4n) is 2.84. The predicted molar refractivity (Wildman–Crippen MR) is 72.7 cm³/mol. The average molecular weight is 260 g/mol. The topological polar surface area (TPSA) is 52.6 Å². The number of aliphatic hydroxyl groups is 1. The lowest BCUT2D eigenvalue weighted by molar-refractivity contribution is 0.0248. The predicted octanol–water partition coefficient (Wildman–Crippen LogP) is 1.13. The van der Waals surface area contributed by atoms with Gasteiger partial charge in [-0.05, 0) is 35.6 Å². The van der Waals surface area contributed by atoms with Gasteiger partial charge in [-0.25, -0.2) is 0 Å². The summed E-state index contributed by atoms with van der Waals surface area (Å²) in [4.78, 5) is 14.2. The molecule has 2 unspecified atom stereocenters. The number of carbonyl (C=O) groups is 1. The number of benzene rings is 1. The van der Waals surface area contributed by atoms with E-state index in [2.05, 4.69) is 5.32 Å². The Bertz CT molecular complexity index is 501. The van der Waals surface area contributed by atoms with E-state index in [0.29, 0.717) is 6.54 Å². The molecule has 0 aromatic heterocycles. The molecular formula is C15H20N2O2. The van der Waals surface area contributed by atoms with E-state index in [1.54, 1.807) is 4.90 Å². The molecule has 19 heavy (non-hydrogen) atoms. The van der Waals surface area contributed by atoms with Gasteiger partial charge >= 0.3 is 0 Å². The number of nitrogens with zero attached hydrogens (tertiary/aromatic N) is 1. The van der Waals surface area contributed by atoms with Gasteiger partial charge in [0.1, 0.15) is 0 Å². The summed E-state index contributed by atoms with van der Waals surface area (Å²) < 4.78 is 0. The quantitative estimate of drug-likeness (QED) is 0.796. The largest absolute Gasteiger partial charge is 0.391 e. The highest BCUT2D eigenvalue weighted by Gasteiger charge is 2.28. The average Bonchev–Trinajstić information content (AvgIpc) is 2.88. The number of piperidine rings is 1. The van der Waals surface area contributed by atoms with Crippen LogP contribution < -0.4 is 5.32 Å².